The molecule has 4 N–H and O–H groups in total. The Morgan fingerprint density at radius 2 is 1.82 bits per heavy atom. The molecule has 34 heavy (non-hydrogen) atoms. The van der Waals surface area contributed by atoms with Crippen molar-refractivity contribution in [2.24, 2.45) is 0 Å². The summed E-state index contributed by atoms with van der Waals surface area (Å²) in [5.41, 5.74) is 6.44. The van der Waals surface area contributed by atoms with Crippen LogP contribution in [0.3, 0.4) is 0 Å². The van der Waals surface area contributed by atoms with Crippen molar-refractivity contribution in [3.05, 3.63) is 95.3 Å². The van der Waals surface area contributed by atoms with Crippen LogP contribution in [0.1, 0.15) is 17.3 Å². The molecule has 1 atom stereocenters. The molecule has 0 amide bonds. The van der Waals surface area contributed by atoms with E-state index in [1.165, 1.54) is 0 Å². The van der Waals surface area contributed by atoms with Gasteiger partial charge in [0.25, 0.3) is 0 Å². The van der Waals surface area contributed by atoms with Gasteiger partial charge in [-0.05, 0) is 54.4 Å². The van der Waals surface area contributed by atoms with Gasteiger partial charge in [-0.15, -0.1) is 0 Å². The number of H-pyrrole nitrogens is 1. The van der Waals surface area contributed by atoms with Crippen LogP contribution < -0.4 is 5.32 Å². The number of anilines is 1. The number of phenols is 1. The third kappa shape index (κ3) is 4.21. The number of phenolic OH excluding ortho intramolecular Hbond substituents is 1. The Kier molecular flexibility index (Phi) is 5.92. The summed E-state index contributed by atoms with van der Waals surface area (Å²) < 4.78 is 0. The lowest BCUT2D eigenvalue weighted by atomic mass is 9.97. The number of halogens is 1. The molecule has 7 heteroatoms. The number of nitrogens with one attached hydrogen (secondary N) is 2. The van der Waals surface area contributed by atoms with E-state index in [1.54, 1.807) is 24.4 Å². The Balaban J connectivity index is 1.65. The number of hydrogen-bond donors (Lipinski definition) is 4. The van der Waals surface area contributed by atoms with Crippen molar-refractivity contribution in [2.75, 3.05) is 11.9 Å². The van der Waals surface area contributed by atoms with Crippen LogP contribution in [0.25, 0.3) is 33.3 Å². The summed E-state index contributed by atoms with van der Waals surface area (Å²) in [6.45, 7) is 1.88. The van der Waals surface area contributed by atoms with E-state index >= 15 is 0 Å². The number of nitrogens with zero attached hydrogens (tertiary/aromatic N) is 2. The lowest BCUT2D eigenvalue weighted by Crippen LogP contribution is -2.15. The number of aromatic hydroxyl groups is 1. The summed E-state index contributed by atoms with van der Waals surface area (Å²) in [7, 11) is 0. The minimum atomic E-state index is -0.292. The number of aliphatic hydroxyl groups is 1. The quantitative estimate of drug-likeness (QED) is 0.240. The average Bonchev–Trinajstić information content (AvgIpc) is 3.24. The third-order valence-corrected chi connectivity index (χ3v) is 6.13. The van der Waals surface area contributed by atoms with Gasteiger partial charge >= 0.3 is 0 Å². The molecule has 0 bridgehead atoms. The lowest BCUT2D eigenvalue weighted by Gasteiger charge is -2.20. The molecule has 0 spiro atoms. The van der Waals surface area contributed by atoms with Crippen LogP contribution in [0.4, 0.5) is 5.69 Å². The highest BCUT2D eigenvalue weighted by Crippen LogP contribution is 2.39. The van der Waals surface area contributed by atoms with Gasteiger partial charge in [0, 0.05) is 21.5 Å². The molecular formula is C27H23ClN4O2. The molecule has 6 nitrogen and oxygen atoms in total. The highest BCUT2D eigenvalue weighted by atomic mass is 35.5. The Bertz CT molecular complexity index is 1470. The zero-order valence-electron chi connectivity index (χ0n) is 18.5. The van der Waals surface area contributed by atoms with Crippen molar-refractivity contribution in [3.63, 3.8) is 0 Å². The largest absolute Gasteiger partial charge is 0.507 e. The number of hydrogen-bond acceptors (Lipinski definition) is 5. The molecule has 2 aromatic heterocycles. The number of aromatic amines is 1. The average molecular weight is 471 g/mol. The van der Waals surface area contributed by atoms with Gasteiger partial charge in [0.1, 0.15) is 5.75 Å². The Morgan fingerprint density at radius 3 is 2.62 bits per heavy atom. The highest BCUT2D eigenvalue weighted by Gasteiger charge is 2.17. The molecule has 2 heterocycles. The summed E-state index contributed by atoms with van der Waals surface area (Å²) in [5.74, 6) is 0.0944. The van der Waals surface area contributed by atoms with Gasteiger partial charge in [-0.25, -0.2) is 0 Å². The van der Waals surface area contributed by atoms with Crippen LogP contribution in [0.2, 0.25) is 5.02 Å². The number of aromatic nitrogens is 3. The van der Waals surface area contributed by atoms with Gasteiger partial charge in [-0.3, -0.25) is 10.1 Å². The van der Waals surface area contributed by atoms with Crippen molar-refractivity contribution in [1.82, 2.24) is 15.2 Å². The van der Waals surface area contributed by atoms with E-state index in [1.807, 2.05) is 55.5 Å². The SMILES string of the molecule is Cc1n[nH]c2ccc(-c3cc(NC(CO)c4ccccc4)cnc3-c3cc(Cl)ccc3O)cc12. The van der Waals surface area contributed by atoms with Crippen LogP contribution in [0, 0.1) is 6.92 Å². The summed E-state index contributed by atoms with van der Waals surface area (Å²) >= 11 is 6.24. The van der Waals surface area contributed by atoms with Crippen LogP contribution in [0.5, 0.6) is 5.75 Å². The van der Waals surface area contributed by atoms with E-state index in [0.29, 0.717) is 16.3 Å². The molecule has 0 aliphatic rings. The Morgan fingerprint density at radius 1 is 1.00 bits per heavy atom. The first kappa shape index (κ1) is 21.9. The minimum Gasteiger partial charge on any atom is -0.507 e. The normalized spacial score (nSPS) is 12.1. The predicted molar refractivity (Wildman–Crippen MR) is 136 cm³/mol. The van der Waals surface area contributed by atoms with Crippen LogP contribution in [-0.2, 0) is 0 Å². The number of rotatable bonds is 6. The zero-order chi connectivity index (χ0) is 23.7. The molecule has 0 radical (unpaired) electrons. The fourth-order valence-corrected chi connectivity index (χ4v) is 4.28. The fourth-order valence-electron chi connectivity index (χ4n) is 4.11. The van der Waals surface area contributed by atoms with E-state index in [9.17, 15) is 10.2 Å². The van der Waals surface area contributed by atoms with E-state index < -0.39 is 0 Å². The number of fused-ring (bicyclic) bond motifs is 1. The van der Waals surface area contributed by atoms with E-state index in [2.05, 4.69) is 21.6 Å². The van der Waals surface area contributed by atoms with Crippen molar-refractivity contribution < 1.29 is 10.2 Å². The molecule has 0 saturated carbocycles. The molecule has 5 rings (SSSR count). The van der Waals surface area contributed by atoms with Gasteiger partial charge < -0.3 is 15.5 Å². The lowest BCUT2D eigenvalue weighted by molar-refractivity contribution is 0.276. The maximum atomic E-state index is 10.6. The number of benzene rings is 3. The van der Waals surface area contributed by atoms with Gasteiger partial charge in [-0.1, -0.05) is 48.0 Å². The van der Waals surface area contributed by atoms with E-state index in [-0.39, 0.29) is 18.4 Å². The number of pyridine rings is 1. The first-order valence-electron chi connectivity index (χ1n) is 10.9. The van der Waals surface area contributed by atoms with Crippen molar-refractivity contribution in [2.45, 2.75) is 13.0 Å². The molecule has 0 saturated heterocycles. The smallest absolute Gasteiger partial charge is 0.125 e. The van der Waals surface area contributed by atoms with E-state index in [0.717, 1.165) is 39.0 Å². The topological polar surface area (TPSA) is 94.1 Å². The molecular weight excluding hydrogens is 448 g/mol. The molecule has 0 aliphatic heterocycles. The third-order valence-electron chi connectivity index (χ3n) is 5.89. The molecule has 5 aromatic rings. The van der Waals surface area contributed by atoms with Crippen LogP contribution in [-0.4, -0.2) is 32.0 Å². The summed E-state index contributed by atoms with van der Waals surface area (Å²) in [6.07, 6.45) is 1.70. The van der Waals surface area contributed by atoms with E-state index in [4.69, 9.17) is 16.6 Å². The van der Waals surface area contributed by atoms with Crippen LogP contribution >= 0.6 is 11.6 Å². The van der Waals surface area contributed by atoms with Gasteiger partial charge in [0.2, 0.25) is 0 Å². The van der Waals surface area contributed by atoms with Crippen molar-refractivity contribution in [1.29, 1.82) is 0 Å². The number of aliphatic hydroxyl groups excluding tert-OH is 1. The minimum absolute atomic E-state index is 0.0731. The number of aryl methyl sites for hydroxylation is 1. The molecule has 0 fully saturated rings. The van der Waals surface area contributed by atoms with Gasteiger partial charge in [0.05, 0.1) is 41.4 Å². The maximum absolute atomic E-state index is 10.6. The Hall–Kier alpha value is -3.87. The zero-order valence-corrected chi connectivity index (χ0v) is 19.2. The molecule has 3 aromatic carbocycles. The second-order valence-corrected chi connectivity index (χ2v) is 8.58. The standard InChI is InChI=1S/C27H23ClN4O2/c1-16-21-11-18(7-9-24(21)32-31-16)22-13-20(30-25(15-33)17-5-3-2-4-6-17)14-29-27(22)23-12-19(28)8-10-26(23)34/h2-14,25,30,33-34H,15H2,1H3,(H,31,32). The second-order valence-electron chi connectivity index (χ2n) is 8.14. The van der Waals surface area contributed by atoms with Crippen LogP contribution in [0.15, 0.2) is 79.0 Å². The summed E-state index contributed by atoms with van der Waals surface area (Å²) in [5, 5.41) is 32.8. The Labute approximate surface area is 201 Å². The molecule has 170 valence electrons. The van der Waals surface area contributed by atoms with Gasteiger partial charge in [-0.2, -0.15) is 5.10 Å². The highest BCUT2D eigenvalue weighted by molar-refractivity contribution is 6.31. The van der Waals surface area contributed by atoms with Crippen molar-refractivity contribution in [3.8, 4) is 28.1 Å². The summed E-state index contributed by atoms with van der Waals surface area (Å²) in [4.78, 5) is 4.71. The molecule has 0 aliphatic carbocycles. The first-order valence-corrected chi connectivity index (χ1v) is 11.3. The van der Waals surface area contributed by atoms with Gasteiger partial charge in [0.15, 0.2) is 0 Å². The fraction of sp³-hybridized carbons (Fsp3) is 0.111. The molecule has 1 unspecified atom stereocenters. The summed E-state index contributed by atoms with van der Waals surface area (Å²) in [6, 6.07) is 22.4. The maximum Gasteiger partial charge on any atom is 0.125 e. The van der Waals surface area contributed by atoms with Crippen molar-refractivity contribution >= 4 is 28.2 Å². The first-order chi connectivity index (χ1) is 16.5. The predicted octanol–water partition coefficient (Wildman–Crippen LogP) is 6.10. The second kappa shape index (κ2) is 9.17. The monoisotopic (exact) mass is 470 g/mol.